The maximum atomic E-state index is 5.46. The predicted octanol–water partition coefficient (Wildman–Crippen LogP) is 14.6. The van der Waals surface area contributed by atoms with Crippen molar-refractivity contribution in [1.29, 1.82) is 0 Å². The lowest BCUT2D eigenvalue weighted by molar-refractivity contribution is 0.953. The summed E-state index contributed by atoms with van der Waals surface area (Å²) in [6.07, 6.45) is 0. The molecule has 0 saturated carbocycles. The molecule has 0 atom stereocenters. The Balaban J connectivity index is 1.01. The van der Waals surface area contributed by atoms with Crippen molar-refractivity contribution in [2.24, 2.45) is 0 Å². The van der Waals surface area contributed by atoms with Crippen molar-refractivity contribution >= 4 is 65.4 Å². The molecule has 322 valence electrons. The van der Waals surface area contributed by atoms with E-state index >= 15 is 0 Å². The number of fused-ring (bicyclic) bond motifs is 10. The smallest absolute Gasteiger partial charge is 0.238 e. The SMILES string of the molecule is c1ccc(-c2nc(-c3cccc(-c4nc(-c5ccccc5)nc(-n5c6ccccc6c6ccc7c8ccccc8n(-c8ccccc8)c7c65)n4)c3)cc(-n3c4ccccc4c4ccccc43)n2)cc1. The topological polar surface area (TPSA) is 79.2 Å². The number of hydrogen-bond donors (Lipinski definition) is 0. The second-order valence-electron chi connectivity index (χ2n) is 17.3. The Kier molecular flexibility index (Phi) is 8.72. The Labute approximate surface area is 395 Å². The molecule has 0 radical (unpaired) electrons. The zero-order valence-corrected chi connectivity index (χ0v) is 37.0. The molecule has 69 heavy (non-hydrogen) atoms. The first kappa shape index (κ1) is 38.7. The Morgan fingerprint density at radius 2 is 0.681 bits per heavy atom. The van der Waals surface area contributed by atoms with Crippen LogP contribution in [-0.2, 0) is 0 Å². The zero-order valence-electron chi connectivity index (χ0n) is 37.0. The first-order valence-electron chi connectivity index (χ1n) is 23.1. The summed E-state index contributed by atoms with van der Waals surface area (Å²) < 4.78 is 6.86. The van der Waals surface area contributed by atoms with Crippen LogP contribution < -0.4 is 0 Å². The van der Waals surface area contributed by atoms with E-state index in [9.17, 15) is 0 Å². The summed E-state index contributed by atoms with van der Waals surface area (Å²) in [5.74, 6) is 3.05. The van der Waals surface area contributed by atoms with Gasteiger partial charge < -0.3 is 4.57 Å². The fourth-order valence-electron chi connectivity index (χ4n) is 10.3. The van der Waals surface area contributed by atoms with Crippen molar-refractivity contribution in [3.8, 4) is 62.9 Å². The van der Waals surface area contributed by atoms with Crippen LogP contribution in [0.2, 0.25) is 0 Å². The minimum Gasteiger partial charge on any atom is -0.307 e. The standard InChI is InChI=1S/C61H38N8/c1-4-19-39(20-5-1)58-62-50(38-55(63-58)68-52-32-15-10-27-44(52)45-28-11-16-33-53(45)68)41-23-18-24-42(37-41)60-64-59(40-21-6-2-7-22-40)65-61(66-60)69-54-34-17-13-30-47(54)49-36-35-48-46-29-12-14-31-51(46)67(56(48)57(49)69)43-25-8-3-9-26-43/h1-38H. The molecular weight excluding hydrogens is 845 g/mol. The lowest BCUT2D eigenvalue weighted by Gasteiger charge is -2.14. The van der Waals surface area contributed by atoms with Gasteiger partial charge in [0, 0.05) is 66.3 Å². The first-order chi connectivity index (χ1) is 34.2. The van der Waals surface area contributed by atoms with Crippen LogP contribution in [0.1, 0.15) is 0 Å². The van der Waals surface area contributed by atoms with Crippen molar-refractivity contribution in [3.63, 3.8) is 0 Å². The van der Waals surface area contributed by atoms with Crippen LogP contribution in [0, 0.1) is 0 Å². The fraction of sp³-hybridized carbons (Fsp3) is 0. The Morgan fingerprint density at radius 3 is 1.26 bits per heavy atom. The highest BCUT2D eigenvalue weighted by Gasteiger charge is 2.24. The maximum absolute atomic E-state index is 5.46. The monoisotopic (exact) mass is 882 g/mol. The number of para-hydroxylation sites is 5. The summed E-state index contributed by atoms with van der Waals surface area (Å²) in [6.45, 7) is 0. The number of hydrogen-bond acceptors (Lipinski definition) is 5. The van der Waals surface area contributed by atoms with Gasteiger partial charge in [-0.15, -0.1) is 0 Å². The molecule has 0 aliphatic carbocycles. The molecule has 0 unspecified atom stereocenters. The largest absolute Gasteiger partial charge is 0.307 e. The van der Waals surface area contributed by atoms with Crippen LogP contribution >= 0.6 is 0 Å². The summed E-state index contributed by atoms with van der Waals surface area (Å²) >= 11 is 0. The number of aromatic nitrogens is 8. The van der Waals surface area contributed by atoms with Gasteiger partial charge in [-0.25, -0.2) is 15.0 Å². The highest BCUT2D eigenvalue weighted by Crippen LogP contribution is 2.42. The second-order valence-corrected chi connectivity index (χ2v) is 17.3. The summed E-state index contributed by atoms with van der Waals surface area (Å²) in [5, 5.41) is 6.89. The third-order valence-corrected chi connectivity index (χ3v) is 13.3. The summed E-state index contributed by atoms with van der Waals surface area (Å²) in [6, 6.07) is 80.1. The van der Waals surface area contributed by atoms with E-state index in [2.05, 4.69) is 208 Å². The Morgan fingerprint density at radius 1 is 0.261 bits per heavy atom. The van der Waals surface area contributed by atoms with Crippen LogP contribution in [0.5, 0.6) is 0 Å². The second kappa shape index (κ2) is 15.5. The maximum Gasteiger partial charge on any atom is 0.238 e. The molecule has 8 nitrogen and oxygen atoms in total. The van der Waals surface area contributed by atoms with Gasteiger partial charge in [-0.2, -0.15) is 9.97 Å². The third kappa shape index (κ3) is 6.20. The van der Waals surface area contributed by atoms with Crippen LogP contribution in [0.15, 0.2) is 231 Å². The van der Waals surface area contributed by atoms with E-state index in [0.29, 0.717) is 23.4 Å². The quantitative estimate of drug-likeness (QED) is 0.159. The Hall–Kier alpha value is -9.53. The van der Waals surface area contributed by atoms with Crippen molar-refractivity contribution < 1.29 is 0 Å². The van der Waals surface area contributed by atoms with Gasteiger partial charge in [-0.3, -0.25) is 9.13 Å². The molecule has 0 N–H and O–H groups in total. The molecule has 0 amide bonds. The van der Waals surface area contributed by atoms with Gasteiger partial charge in [0.15, 0.2) is 17.5 Å². The molecule has 0 saturated heterocycles. The third-order valence-electron chi connectivity index (χ3n) is 13.3. The lowest BCUT2D eigenvalue weighted by atomic mass is 10.1. The molecule has 0 aliphatic rings. The van der Waals surface area contributed by atoms with Crippen molar-refractivity contribution in [3.05, 3.63) is 231 Å². The lowest BCUT2D eigenvalue weighted by Crippen LogP contribution is -2.07. The first-order valence-corrected chi connectivity index (χ1v) is 23.1. The van der Waals surface area contributed by atoms with Crippen molar-refractivity contribution in [2.75, 3.05) is 0 Å². The van der Waals surface area contributed by atoms with E-state index in [4.69, 9.17) is 24.9 Å². The van der Waals surface area contributed by atoms with Gasteiger partial charge in [-0.05, 0) is 42.5 Å². The van der Waals surface area contributed by atoms with Crippen LogP contribution in [0.3, 0.4) is 0 Å². The molecule has 9 aromatic carbocycles. The molecule has 14 rings (SSSR count). The summed E-state index contributed by atoms with van der Waals surface area (Å²) in [5.41, 5.74) is 11.8. The minimum atomic E-state index is 0.523. The molecular formula is C61H38N8. The molecule has 0 bridgehead atoms. The van der Waals surface area contributed by atoms with Crippen LogP contribution in [0.25, 0.3) is 128 Å². The minimum absolute atomic E-state index is 0.523. The normalized spacial score (nSPS) is 11.8. The fourth-order valence-corrected chi connectivity index (χ4v) is 10.3. The molecule has 8 heteroatoms. The molecule has 5 heterocycles. The van der Waals surface area contributed by atoms with E-state index in [1.54, 1.807) is 0 Å². The van der Waals surface area contributed by atoms with Crippen molar-refractivity contribution in [1.82, 2.24) is 38.6 Å². The summed E-state index contributed by atoms with van der Waals surface area (Å²) in [7, 11) is 0. The number of benzene rings is 9. The highest BCUT2D eigenvalue weighted by molar-refractivity contribution is 6.23. The predicted molar refractivity (Wildman–Crippen MR) is 280 cm³/mol. The average molecular weight is 883 g/mol. The number of nitrogens with zero attached hydrogens (tertiary/aromatic N) is 8. The Bertz CT molecular complexity index is 4250. The van der Waals surface area contributed by atoms with E-state index < -0.39 is 0 Å². The van der Waals surface area contributed by atoms with Gasteiger partial charge in [0.1, 0.15) is 5.82 Å². The van der Waals surface area contributed by atoms with E-state index in [1.165, 1.54) is 16.2 Å². The zero-order chi connectivity index (χ0) is 45.4. The van der Waals surface area contributed by atoms with Gasteiger partial charge in [0.2, 0.25) is 5.95 Å². The van der Waals surface area contributed by atoms with Crippen molar-refractivity contribution in [2.45, 2.75) is 0 Å². The average Bonchev–Trinajstić information content (AvgIpc) is 4.07. The molecule has 0 aliphatic heterocycles. The van der Waals surface area contributed by atoms with E-state index in [-0.39, 0.29) is 0 Å². The van der Waals surface area contributed by atoms with Gasteiger partial charge in [0.05, 0.1) is 38.8 Å². The van der Waals surface area contributed by atoms with E-state index in [1.807, 2.05) is 36.4 Å². The van der Waals surface area contributed by atoms with Gasteiger partial charge >= 0.3 is 0 Å². The molecule has 14 aromatic rings. The van der Waals surface area contributed by atoms with Crippen LogP contribution in [-0.4, -0.2) is 38.6 Å². The van der Waals surface area contributed by atoms with Crippen LogP contribution in [0.4, 0.5) is 0 Å². The van der Waals surface area contributed by atoms with E-state index in [0.717, 1.165) is 88.7 Å². The molecule has 5 aromatic heterocycles. The van der Waals surface area contributed by atoms with Gasteiger partial charge in [0.25, 0.3) is 0 Å². The summed E-state index contributed by atoms with van der Waals surface area (Å²) in [4.78, 5) is 26.6. The van der Waals surface area contributed by atoms with Gasteiger partial charge in [-0.1, -0.05) is 182 Å². The molecule has 0 spiro atoms. The highest BCUT2D eigenvalue weighted by atomic mass is 15.2. The molecule has 0 fully saturated rings. The number of rotatable bonds is 7.